The number of ketones is 1. The summed E-state index contributed by atoms with van der Waals surface area (Å²) in [6.07, 6.45) is 0.638. The topological polar surface area (TPSA) is 46.2 Å². The number of carbonyl (C=O) groups excluding carboxylic acids is 2. The average molecular weight is 275 g/mol. The number of nitrogens with one attached hydrogen (secondary N) is 1. The molecule has 2 aliphatic rings. The van der Waals surface area contributed by atoms with Crippen LogP contribution in [0.5, 0.6) is 0 Å². The molecule has 1 heterocycles. The second-order valence-corrected chi connectivity index (χ2v) is 6.95. The summed E-state index contributed by atoms with van der Waals surface area (Å²) in [6, 6.07) is 3.64. The van der Waals surface area contributed by atoms with Gasteiger partial charge in [-0.3, -0.25) is 9.59 Å². The van der Waals surface area contributed by atoms with Gasteiger partial charge in [0.1, 0.15) is 0 Å². The van der Waals surface area contributed by atoms with Crippen molar-refractivity contribution in [3.63, 3.8) is 0 Å². The van der Waals surface area contributed by atoms with Crippen LogP contribution in [0, 0.1) is 17.3 Å². The minimum atomic E-state index is -0.116. The molecular weight excluding hydrogens is 258 g/mol. The summed E-state index contributed by atoms with van der Waals surface area (Å²) in [5.74, 6) is 0.903. The van der Waals surface area contributed by atoms with Crippen LogP contribution < -0.4 is 5.32 Å². The van der Waals surface area contributed by atoms with Gasteiger partial charge in [-0.25, -0.2) is 0 Å². The number of carbonyl (C=O) groups is 2. The molecule has 0 radical (unpaired) electrons. The first-order valence-electron chi connectivity index (χ1n) is 6.51. The maximum Gasteiger partial charge on any atom is 0.265 e. The normalized spacial score (nSPS) is 29.9. The summed E-state index contributed by atoms with van der Waals surface area (Å²) < 4.78 is 0. The molecule has 1 aromatic heterocycles. The van der Waals surface area contributed by atoms with Crippen molar-refractivity contribution < 1.29 is 9.59 Å². The van der Waals surface area contributed by atoms with Crippen molar-refractivity contribution in [2.45, 2.75) is 27.2 Å². The molecule has 2 saturated carbocycles. The van der Waals surface area contributed by atoms with Crippen LogP contribution in [-0.4, -0.2) is 11.7 Å². The molecule has 0 unspecified atom stereocenters. The highest BCUT2D eigenvalue weighted by atomic mass is 32.1. The second kappa shape index (κ2) is 4.04. The molecule has 0 aromatic carbocycles. The second-order valence-electron chi connectivity index (χ2n) is 6.00. The molecule has 100 valence electrons. The smallest absolute Gasteiger partial charge is 0.265 e. The molecule has 0 saturated heterocycles. The summed E-state index contributed by atoms with van der Waals surface area (Å²) in [5, 5.41) is 4.75. The van der Waals surface area contributed by atoms with Crippen LogP contribution in [0.4, 0.5) is 0 Å². The van der Waals surface area contributed by atoms with Crippen LogP contribution in [0.3, 0.4) is 0 Å². The van der Waals surface area contributed by atoms with Gasteiger partial charge in [-0.05, 0) is 35.6 Å². The van der Waals surface area contributed by atoms with E-state index in [0.717, 1.165) is 11.3 Å². The largest absolute Gasteiger partial charge is 0.325 e. The van der Waals surface area contributed by atoms with Gasteiger partial charge >= 0.3 is 0 Å². The number of hydrogen-bond donors (Lipinski definition) is 1. The first-order valence-corrected chi connectivity index (χ1v) is 7.39. The van der Waals surface area contributed by atoms with Gasteiger partial charge in [-0.15, -0.1) is 11.3 Å². The van der Waals surface area contributed by atoms with Crippen molar-refractivity contribution in [3.8, 4) is 0 Å². The van der Waals surface area contributed by atoms with Gasteiger partial charge in [0.15, 0.2) is 5.78 Å². The van der Waals surface area contributed by atoms with E-state index >= 15 is 0 Å². The molecule has 0 bridgehead atoms. The quantitative estimate of drug-likeness (QED) is 0.843. The summed E-state index contributed by atoms with van der Waals surface area (Å²) >= 11 is 1.41. The number of allylic oxidation sites excluding steroid dienone is 2. The SMILES string of the molecule is CC(NC(=O)c1cccs1)=C1C(=O)C[C@@H]2[C@H]1C2(C)C. The summed E-state index contributed by atoms with van der Waals surface area (Å²) in [5.41, 5.74) is 1.81. The zero-order valence-electron chi connectivity index (χ0n) is 11.3. The molecule has 1 amide bonds. The maximum absolute atomic E-state index is 12.0. The Morgan fingerprint density at radius 3 is 2.79 bits per heavy atom. The average Bonchev–Trinajstić information content (AvgIpc) is 2.82. The lowest BCUT2D eigenvalue weighted by Gasteiger charge is -2.13. The Balaban J connectivity index is 1.83. The Morgan fingerprint density at radius 1 is 1.47 bits per heavy atom. The number of fused-ring (bicyclic) bond motifs is 1. The highest BCUT2D eigenvalue weighted by Gasteiger charge is 2.65. The zero-order valence-corrected chi connectivity index (χ0v) is 12.1. The fourth-order valence-corrected chi connectivity index (χ4v) is 3.95. The standard InChI is InChI=1S/C15H17NO2S/c1-8(16-14(18)11-5-4-6-19-11)12-10(17)7-9-13(12)15(9,2)3/h4-6,9,13H,7H2,1-3H3,(H,16,18)/t9-,13-/m1/s1. The lowest BCUT2D eigenvalue weighted by molar-refractivity contribution is -0.115. The number of amides is 1. The molecule has 1 N–H and O–H groups in total. The van der Waals surface area contributed by atoms with E-state index in [1.54, 1.807) is 6.07 Å². The van der Waals surface area contributed by atoms with Crippen molar-refractivity contribution in [2.75, 3.05) is 0 Å². The Labute approximate surface area is 116 Å². The molecule has 19 heavy (non-hydrogen) atoms. The van der Waals surface area contributed by atoms with Gasteiger partial charge < -0.3 is 5.32 Å². The van der Waals surface area contributed by atoms with E-state index in [9.17, 15) is 9.59 Å². The minimum Gasteiger partial charge on any atom is -0.325 e. The van der Waals surface area contributed by atoms with Gasteiger partial charge in [-0.1, -0.05) is 19.9 Å². The van der Waals surface area contributed by atoms with Crippen LogP contribution in [0.1, 0.15) is 36.9 Å². The van der Waals surface area contributed by atoms with Crippen LogP contribution in [0.15, 0.2) is 28.8 Å². The van der Waals surface area contributed by atoms with Gasteiger partial charge in [0, 0.05) is 17.7 Å². The number of hydrogen-bond acceptors (Lipinski definition) is 3. The zero-order chi connectivity index (χ0) is 13.8. The molecule has 2 fully saturated rings. The van der Waals surface area contributed by atoms with E-state index in [4.69, 9.17) is 0 Å². The molecule has 0 aliphatic heterocycles. The van der Waals surface area contributed by atoms with Crippen LogP contribution in [0.2, 0.25) is 0 Å². The first-order chi connectivity index (χ1) is 8.93. The number of Topliss-reactive ketones (excluding diaryl/α,β-unsaturated/α-hetero) is 1. The Kier molecular flexibility index (Phi) is 2.68. The fraction of sp³-hybridized carbons (Fsp3) is 0.467. The lowest BCUT2D eigenvalue weighted by atomic mass is 9.95. The van der Waals surface area contributed by atoms with E-state index in [0.29, 0.717) is 23.1 Å². The van der Waals surface area contributed by atoms with Crippen LogP contribution in [-0.2, 0) is 4.79 Å². The Morgan fingerprint density at radius 2 is 2.21 bits per heavy atom. The van der Waals surface area contributed by atoms with Gasteiger partial charge in [0.25, 0.3) is 5.91 Å². The highest BCUT2D eigenvalue weighted by Crippen LogP contribution is 2.68. The van der Waals surface area contributed by atoms with Crippen molar-refractivity contribution >= 4 is 23.0 Å². The monoisotopic (exact) mass is 275 g/mol. The molecule has 3 rings (SSSR count). The van der Waals surface area contributed by atoms with Crippen molar-refractivity contribution in [3.05, 3.63) is 33.7 Å². The third-order valence-corrected chi connectivity index (χ3v) is 5.39. The molecule has 2 atom stereocenters. The fourth-order valence-electron chi connectivity index (χ4n) is 3.33. The molecule has 2 aliphatic carbocycles. The molecule has 0 spiro atoms. The van der Waals surface area contributed by atoms with E-state index in [2.05, 4.69) is 19.2 Å². The number of thiophene rings is 1. The third-order valence-electron chi connectivity index (χ3n) is 4.52. The van der Waals surface area contributed by atoms with Gasteiger partial charge in [0.2, 0.25) is 0 Å². The molecule has 3 nitrogen and oxygen atoms in total. The summed E-state index contributed by atoms with van der Waals surface area (Å²) in [7, 11) is 0. The van der Waals surface area contributed by atoms with Crippen molar-refractivity contribution in [1.82, 2.24) is 5.32 Å². The van der Waals surface area contributed by atoms with E-state index < -0.39 is 0 Å². The Bertz CT molecular complexity index is 583. The van der Waals surface area contributed by atoms with Crippen LogP contribution in [0.25, 0.3) is 0 Å². The predicted octanol–water partition coefficient (Wildman–Crippen LogP) is 3.00. The minimum absolute atomic E-state index is 0.116. The molecule has 1 aromatic rings. The van der Waals surface area contributed by atoms with E-state index in [1.165, 1.54) is 11.3 Å². The first kappa shape index (κ1) is 12.6. The van der Waals surface area contributed by atoms with E-state index in [-0.39, 0.29) is 17.1 Å². The number of rotatable bonds is 2. The predicted molar refractivity (Wildman–Crippen MR) is 74.9 cm³/mol. The van der Waals surface area contributed by atoms with Crippen LogP contribution >= 0.6 is 11.3 Å². The maximum atomic E-state index is 12.0. The van der Waals surface area contributed by atoms with Gasteiger partial charge in [-0.2, -0.15) is 0 Å². The summed E-state index contributed by atoms with van der Waals surface area (Å²) in [6.45, 7) is 6.24. The van der Waals surface area contributed by atoms with E-state index in [1.807, 2.05) is 18.4 Å². The Hall–Kier alpha value is -1.42. The van der Waals surface area contributed by atoms with Gasteiger partial charge in [0.05, 0.1) is 4.88 Å². The molecular formula is C15H17NO2S. The summed E-state index contributed by atoms with van der Waals surface area (Å²) in [4.78, 5) is 24.7. The molecule has 4 heteroatoms. The van der Waals surface area contributed by atoms with Crippen molar-refractivity contribution in [1.29, 1.82) is 0 Å². The van der Waals surface area contributed by atoms with Crippen molar-refractivity contribution in [2.24, 2.45) is 17.3 Å². The highest BCUT2D eigenvalue weighted by molar-refractivity contribution is 7.12. The third kappa shape index (κ3) is 1.86. The lowest BCUT2D eigenvalue weighted by Crippen LogP contribution is -2.24.